The van der Waals surface area contributed by atoms with Crippen molar-refractivity contribution in [2.45, 2.75) is 25.2 Å². The third-order valence-corrected chi connectivity index (χ3v) is 5.38. The molecule has 0 radical (unpaired) electrons. The Hall–Kier alpha value is -2.67. The molecular formula is C21H21F2N3OS. The summed E-state index contributed by atoms with van der Waals surface area (Å²) < 4.78 is 27.7. The number of rotatable bonds is 7. The topological polar surface area (TPSA) is 46.9 Å². The molecule has 146 valence electrons. The molecule has 1 aromatic heterocycles. The first-order valence-corrected chi connectivity index (χ1v) is 9.93. The Morgan fingerprint density at radius 1 is 1.04 bits per heavy atom. The van der Waals surface area contributed by atoms with Crippen molar-refractivity contribution in [2.75, 3.05) is 12.3 Å². The number of halogens is 2. The van der Waals surface area contributed by atoms with Crippen molar-refractivity contribution in [3.8, 4) is 5.69 Å². The third kappa shape index (κ3) is 4.78. The molecule has 0 fully saturated rings. The number of nitrogens with one attached hydrogen (secondary N) is 1. The Morgan fingerprint density at radius 2 is 1.64 bits per heavy atom. The minimum Gasteiger partial charge on any atom is -0.352 e. The number of carbonyl (C=O) groups excluding carboxylic acids is 1. The third-order valence-electron chi connectivity index (χ3n) is 4.28. The summed E-state index contributed by atoms with van der Waals surface area (Å²) in [5.74, 6) is 0.0825. The summed E-state index contributed by atoms with van der Waals surface area (Å²) in [6, 6.07) is 12.4. The first kappa shape index (κ1) is 20.1. The van der Waals surface area contributed by atoms with Gasteiger partial charge in [-0.3, -0.25) is 4.79 Å². The van der Waals surface area contributed by atoms with Crippen LogP contribution in [0.2, 0.25) is 0 Å². The highest BCUT2D eigenvalue weighted by molar-refractivity contribution is 7.99. The van der Waals surface area contributed by atoms with E-state index < -0.39 is 0 Å². The lowest BCUT2D eigenvalue weighted by atomic mass is 10.2. The molecule has 1 heterocycles. The minimum absolute atomic E-state index is 0.171. The average molecular weight is 401 g/mol. The molecule has 0 unspecified atom stereocenters. The van der Waals surface area contributed by atoms with Crippen LogP contribution in [0, 0.1) is 25.5 Å². The molecule has 4 nitrogen and oxygen atoms in total. The van der Waals surface area contributed by atoms with Gasteiger partial charge in [0.05, 0.1) is 22.6 Å². The summed E-state index contributed by atoms with van der Waals surface area (Å²) in [5.41, 5.74) is 2.58. The number of amides is 1. The first-order valence-electron chi connectivity index (χ1n) is 8.94. The molecule has 28 heavy (non-hydrogen) atoms. The van der Waals surface area contributed by atoms with Crippen molar-refractivity contribution in [3.63, 3.8) is 0 Å². The Balaban J connectivity index is 1.55. The molecule has 1 amide bonds. The lowest BCUT2D eigenvalue weighted by Crippen LogP contribution is -2.25. The molecule has 0 spiro atoms. The molecule has 0 aliphatic heterocycles. The lowest BCUT2D eigenvalue weighted by molar-refractivity contribution is 0.0952. The van der Waals surface area contributed by atoms with Crippen molar-refractivity contribution in [3.05, 3.63) is 77.1 Å². The van der Waals surface area contributed by atoms with Gasteiger partial charge in [0.2, 0.25) is 0 Å². The molecule has 0 saturated carbocycles. The maximum absolute atomic E-state index is 13.1. The number of carbonyl (C=O) groups is 1. The average Bonchev–Trinajstić information content (AvgIpc) is 2.98. The summed E-state index contributed by atoms with van der Waals surface area (Å²) in [6.07, 6.45) is 0.790. The summed E-state index contributed by atoms with van der Waals surface area (Å²) in [6.45, 7) is 4.14. The van der Waals surface area contributed by atoms with E-state index in [1.807, 2.05) is 6.92 Å². The Bertz CT molecular complexity index is 953. The van der Waals surface area contributed by atoms with Gasteiger partial charge in [-0.25, -0.2) is 13.5 Å². The second-order valence-corrected chi connectivity index (χ2v) is 7.51. The largest absolute Gasteiger partial charge is 0.352 e. The van der Waals surface area contributed by atoms with E-state index in [0.29, 0.717) is 29.2 Å². The van der Waals surface area contributed by atoms with Gasteiger partial charge >= 0.3 is 0 Å². The Labute approximate surface area is 167 Å². The van der Waals surface area contributed by atoms with Crippen molar-refractivity contribution in [1.82, 2.24) is 15.1 Å². The van der Waals surface area contributed by atoms with Crippen molar-refractivity contribution < 1.29 is 13.6 Å². The number of nitrogens with zero attached hydrogens (tertiary/aromatic N) is 2. The van der Waals surface area contributed by atoms with Gasteiger partial charge < -0.3 is 5.32 Å². The van der Waals surface area contributed by atoms with Gasteiger partial charge in [0.15, 0.2) is 0 Å². The van der Waals surface area contributed by atoms with E-state index in [9.17, 15) is 13.6 Å². The molecule has 0 saturated heterocycles. The molecule has 2 aromatic carbocycles. The number of aryl methyl sites for hydroxylation is 1. The van der Waals surface area contributed by atoms with Gasteiger partial charge in [-0.1, -0.05) is 0 Å². The smallest absolute Gasteiger partial charge is 0.255 e. The van der Waals surface area contributed by atoms with Crippen LogP contribution in [-0.2, 0) is 0 Å². The highest BCUT2D eigenvalue weighted by Crippen LogP contribution is 2.20. The van der Waals surface area contributed by atoms with E-state index in [2.05, 4.69) is 10.4 Å². The van der Waals surface area contributed by atoms with E-state index in [4.69, 9.17) is 0 Å². The van der Waals surface area contributed by atoms with Gasteiger partial charge in [0, 0.05) is 11.4 Å². The van der Waals surface area contributed by atoms with Crippen LogP contribution < -0.4 is 5.32 Å². The zero-order valence-electron chi connectivity index (χ0n) is 15.7. The Morgan fingerprint density at radius 3 is 2.29 bits per heavy atom. The van der Waals surface area contributed by atoms with Crippen LogP contribution in [0.3, 0.4) is 0 Å². The summed E-state index contributed by atoms with van der Waals surface area (Å²) in [7, 11) is 0. The summed E-state index contributed by atoms with van der Waals surface area (Å²) in [4.78, 5) is 13.6. The molecular weight excluding hydrogens is 380 g/mol. The number of aromatic nitrogens is 2. The van der Waals surface area contributed by atoms with Gasteiger partial charge in [0.1, 0.15) is 11.6 Å². The Kier molecular flexibility index (Phi) is 6.46. The molecule has 0 aliphatic carbocycles. The maximum atomic E-state index is 13.1. The van der Waals surface area contributed by atoms with Crippen molar-refractivity contribution >= 4 is 17.7 Å². The normalized spacial score (nSPS) is 10.9. The van der Waals surface area contributed by atoms with Gasteiger partial charge in [-0.05, 0) is 74.6 Å². The second-order valence-electron chi connectivity index (χ2n) is 6.35. The van der Waals surface area contributed by atoms with Crippen LogP contribution in [0.4, 0.5) is 8.78 Å². The molecule has 7 heteroatoms. The molecule has 0 aliphatic rings. The van der Waals surface area contributed by atoms with Gasteiger partial charge in [0.25, 0.3) is 5.91 Å². The quantitative estimate of drug-likeness (QED) is 0.462. The van der Waals surface area contributed by atoms with Crippen LogP contribution in [0.25, 0.3) is 5.69 Å². The fourth-order valence-corrected chi connectivity index (χ4v) is 3.74. The highest BCUT2D eigenvalue weighted by Gasteiger charge is 2.19. The number of benzene rings is 2. The standard InChI is InChI=1S/C21H21F2N3OS/c1-14-20(15(2)26(25-14)18-8-4-16(22)5-9-18)21(27)24-12-3-13-28-19-10-6-17(23)7-11-19/h4-11H,3,12-13H2,1-2H3,(H,24,27). The lowest BCUT2D eigenvalue weighted by Gasteiger charge is -2.07. The van der Waals surface area contributed by atoms with Crippen LogP contribution in [0.15, 0.2) is 53.4 Å². The summed E-state index contributed by atoms with van der Waals surface area (Å²) in [5, 5.41) is 7.35. The summed E-state index contributed by atoms with van der Waals surface area (Å²) >= 11 is 1.62. The van der Waals surface area contributed by atoms with E-state index in [1.54, 1.807) is 47.6 Å². The number of hydrogen-bond donors (Lipinski definition) is 1. The monoisotopic (exact) mass is 401 g/mol. The van der Waals surface area contributed by atoms with Gasteiger partial charge in [-0.2, -0.15) is 5.10 Å². The SMILES string of the molecule is Cc1nn(-c2ccc(F)cc2)c(C)c1C(=O)NCCCSc1ccc(F)cc1. The predicted octanol–water partition coefficient (Wildman–Crippen LogP) is 4.68. The number of thioether (sulfide) groups is 1. The molecule has 0 atom stereocenters. The highest BCUT2D eigenvalue weighted by atomic mass is 32.2. The zero-order chi connectivity index (χ0) is 20.1. The van der Waals surface area contributed by atoms with Crippen molar-refractivity contribution in [1.29, 1.82) is 0 Å². The van der Waals surface area contributed by atoms with Crippen molar-refractivity contribution in [2.24, 2.45) is 0 Å². The first-order chi connectivity index (χ1) is 13.5. The molecule has 3 rings (SSSR count). The molecule has 1 N–H and O–H groups in total. The van der Waals surface area contributed by atoms with Crippen LogP contribution in [-0.4, -0.2) is 28.0 Å². The number of hydrogen-bond acceptors (Lipinski definition) is 3. The van der Waals surface area contributed by atoms with E-state index in [0.717, 1.165) is 17.1 Å². The van der Waals surface area contributed by atoms with E-state index >= 15 is 0 Å². The maximum Gasteiger partial charge on any atom is 0.255 e. The van der Waals surface area contributed by atoms with E-state index in [1.165, 1.54) is 24.3 Å². The van der Waals surface area contributed by atoms with E-state index in [-0.39, 0.29) is 17.5 Å². The predicted molar refractivity (Wildman–Crippen MR) is 107 cm³/mol. The van der Waals surface area contributed by atoms with Crippen LogP contribution >= 0.6 is 11.8 Å². The fourth-order valence-electron chi connectivity index (χ4n) is 2.89. The fraction of sp³-hybridized carbons (Fsp3) is 0.238. The van der Waals surface area contributed by atoms with Crippen LogP contribution in [0.1, 0.15) is 28.2 Å². The molecule has 3 aromatic rings. The second kappa shape index (κ2) is 9.01. The minimum atomic E-state index is -0.318. The van der Waals surface area contributed by atoms with Gasteiger partial charge in [-0.15, -0.1) is 11.8 Å². The van der Waals surface area contributed by atoms with Crippen LogP contribution in [0.5, 0.6) is 0 Å². The zero-order valence-corrected chi connectivity index (χ0v) is 16.5. The molecule has 0 bridgehead atoms.